The number of benzene rings is 2. The highest BCUT2D eigenvalue weighted by molar-refractivity contribution is 5.77. The van der Waals surface area contributed by atoms with E-state index in [1.54, 1.807) is 0 Å². The van der Waals surface area contributed by atoms with E-state index in [4.69, 9.17) is 0 Å². The van der Waals surface area contributed by atoms with Crippen molar-refractivity contribution in [3.05, 3.63) is 65.2 Å². The summed E-state index contributed by atoms with van der Waals surface area (Å²) >= 11 is 0. The molecule has 3 rings (SSSR count). The molecule has 0 radical (unpaired) electrons. The van der Waals surface area contributed by atoms with E-state index in [2.05, 4.69) is 54.7 Å². The van der Waals surface area contributed by atoms with Crippen LogP contribution in [-0.4, -0.2) is 23.9 Å². The van der Waals surface area contributed by atoms with Crippen LogP contribution in [0.1, 0.15) is 30.0 Å². The highest BCUT2D eigenvalue weighted by atomic mass is 16.2. The summed E-state index contributed by atoms with van der Waals surface area (Å²) in [4.78, 5) is 14.4. The zero-order valence-corrected chi connectivity index (χ0v) is 13.7. The molecule has 23 heavy (non-hydrogen) atoms. The second-order valence-electron chi connectivity index (χ2n) is 6.06. The van der Waals surface area contributed by atoms with E-state index in [9.17, 15) is 4.79 Å². The Morgan fingerprint density at radius 3 is 2.57 bits per heavy atom. The van der Waals surface area contributed by atoms with Crippen LogP contribution in [0.4, 0.5) is 5.69 Å². The highest BCUT2D eigenvalue weighted by Gasteiger charge is 2.19. The molecule has 2 aromatic carbocycles. The van der Waals surface area contributed by atoms with Crippen LogP contribution in [-0.2, 0) is 24.2 Å². The van der Waals surface area contributed by atoms with Gasteiger partial charge in [0.1, 0.15) is 0 Å². The smallest absolute Gasteiger partial charge is 0.224 e. The largest absolute Gasteiger partial charge is 0.385 e. The number of carbonyl (C=O) groups excluding carboxylic acids is 1. The fourth-order valence-electron chi connectivity index (χ4n) is 3.04. The summed E-state index contributed by atoms with van der Waals surface area (Å²) in [6, 6.07) is 16.8. The van der Waals surface area contributed by atoms with E-state index >= 15 is 0 Å². The van der Waals surface area contributed by atoms with Crippen molar-refractivity contribution in [2.45, 2.75) is 32.7 Å². The van der Waals surface area contributed by atoms with Gasteiger partial charge in [-0.2, -0.15) is 0 Å². The number of hydrogen-bond donors (Lipinski definition) is 1. The first-order chi connectivity index (χ1) is 11.3. The molecule has 1 N–H and O–H groups in total. The third kappa shape index (κ3) is 3.92. The summed E-state index contributed by atoms with van der Waals surface area (Å²) < 4.78 is 0. The van der Waals surface area contributed by atoms with Crippen LogP contribution in [0.5, 0.6) is 0 Å². The normalized spacial score (nSPS) is 13.5. The summed E-state index contributed by atoms with van der Waals surface area (Å²) in [6.45, 7) is 4.42. The molecule has 0 fully saturated rings. The Balaban J connectivity index is 1.48. The van der Waals surface area contributed by atoms with E-state index in [0.717, 1.165) is 31.6 Å². The van der Waals surface area contributed by atoms with Gasteiger partial charge in [-0.15, -0.1) is 0 Å². The molecule has 2 aromatic rings. The molecule has 0 saturated carbocycles. The third-order valence-electron chi connectivity index (χ3n) is 4.51. The van der Waals surface area contributed by atoms with Crippen molar-refractivity contribution in [1.82, 2.24) is 4.90 Å². The molecule has 3 heteroatoms. The fourth-order valence-corrected chi connectivity index (χ4v) is 3.04. The average Bonchev–Trinajstić information content (AvgIpc) is 2.61. The molecule has 0 aromatic heterocycles. The first-order valence-corrected chi connectivity index (χ1v) is 8.43. The third-order valence-corrected chi connectivity index (χ3v) is 4.51. The number of nitrogens with zero attached hydrogens (tertiary/aromatic N) is 1. The molecular weight excluding hydrogens is 284 g/mol. The van der Waals surface area contributed by atoms with Gasteiger partial charge in [-0.1, -0.05) is 43.3 Å². The highest BCUT2D eigenvalue weighted by Crippen LogP contribution is 2.19. The summed E-state index contributed by atoms with van der Waals surface area (Å²) in [5.41, 5.74) is 5.08. The maximum Gasteiger partial charge on any atom is 0.224 e. The molecule has 1 aliphatic rings. The first-order valence-electron chi connectivity index (χ1n) is 8.43. The molecule has 1 aliphatic heterocycles. The Hall–Kier alpha value is -2.29. The number of anilines is 1. The van der Waals surface area contributed by atoms with Crippen LogP contribution in [0.2, 0.25) is 0 Å². The summed E-state index contributed by atoms with van der Waals surface area (Å²) in [5, 5.41) is 3.34. The fraction of sp³-hybridized carbons (Fsp3) is 0.350. The minimum Gasteiger partial charge on any atom is -0.385 e. The molecule has 0 aliphatic carbocycles. The van der Waals surface area contributed by atoms with Gasteiger partial charge < -0.3 is 10.2 Å². The molecule has 0 atom stereocenters. The Bertz CT molecular complexity index is 664. The van der Waals surface area contributed by atoms with Crippen LogP contribution in [0, 0.1) is 0 Å². The quantitative estimate of drug-likeness (QED) is 0.914. The monoisotopic (exact) mass is 308 g/mol. The van der Waals surface area contributed by atoms with Crippen molar-refractivity contribution >= 4 is 11.6 Å². The van der Waals surface area contributed by atoms with Gasteiger partial charge in [0.25, 0.3) is 0 Å². The molecule has 1 amide bonds. The first kappa shape index (κ1) is 15.6. The van der Waals surface area contributed by atoms with Crippen LogP contribution in [0.15, 0.2) is 48.5 Å². The lowest BCUT2D eigenvalue weighted by atomic mass is 10.00. The van der Waals surface area contributed by atoms with Crippen molar-refractivity contribution in [3.63, 3.8) is 0 Å². The van der Waals surface area contributed by atoms with Crippen molar-refractivity contribution < 1.29 is 4.79 Å². The molecule has 0 bridgehead atoms. The standard InChI is InChI=1S/C20H24N2O/c1-2-16-7-9-19(10-8-16)21-13-11-20(23)22-14-12-17-5-3-4-6-18(17)15-22/h3-10,21H,2,11-15H2,1H3. The Morgan fingerprint density at radius 2 is 1.83 bits per heavy atom. The van der Waals surface area contributed by atoms with Gasteiger partial charge in [-0.25, -0.2) is 0 Å². The van der Waals surface area contributed by atoms with E-state index in [1.165, 1.54) is 16.7 Å². The molecule has 3 nitrogen and oxygen atoms in total. The van der Waals surface area contributed by atoms with Gasteiger partial charge in [0, 0.05) is 31.7 Å². The molecule has 0 spiro atoms. The lowest BCUT2D eigenvalue weighted by Gasteiger charge is -2.29. The van der Waals surface area contributed by atoms with Crippen LogP contribution >= 0.6 is 0 Å². The van der Waals surface area contributed by atoms with Crippen molar-refractivity contribution in [2.75, 3.05) is 18.4 Å². The minimum atomic E-state index is 0.234. The Morgan fingerprint density at radius 1 is 1.09 bits per heavy atom. The number of hydrogen-bond acceptors (Lipinski definition) is 2. The predicted molar refractivity (Wildman–Crippen MR) is 94.5 cm³/mol. The van der Waals surface area contributed by atoms with Crippen molar-refractivity contribution in [3.8, 4) is 0 Å². The van der Waals surface area contributed by atoms with Gasteiger partial charge in [0.15, 0.2) is 0 Å². The number of aryl methyl sites for hydroxylation is 1. The number of carbonyl (C=O) groups is 1. The second kappa shape index (κ2) is 7.32. The zero-order chi connectivity index (χ0) is 16.1. The molecular formula is C20H24N2O. The average molecular weight is 308 g/mol. The predicted octanol–water partition coefficient (Wildman–Crippen LogP) is 3.64. The van der Waals surface area contributed by atoms with Gasteiger partial charge in [0.2, 0.25) is 5.91 Å². The maximum absolute atomic E-state index is 12.4. The number of fused-ring (bicyclic) bond motifs is 1. The van der Waals surface area contributed by atoms with E-state index in [1.807, 2.05) is 11.0 Å². The number of rotatable bonds is 5. The Labute approximate surface area is 138 Å². The van der Waals surface area contributed by atoms with Gasteiger partial charge in [0.05, 0.1) is 0 Å². The lowest BCUT2D eigenvalue weighted by Crippen LogP contribution is -2.36. The SMILES string of the molecule is CCc1ccc(NCCC(=O)N2CCc3ccccc3C2)cc1. The van der Waals surface area contributed by atoms with Crippen LogP contribution < -0.4 is 5.32 Å². The van der Waals surface area contributed by atoms with E-state index in [0.29, 0.717) is 13.0 Å². The summed E-state index contributed by atoms with van der Waals surface area (Å²) in [5.74, 6) is 0.234. The molecule has 120 valence electrons. The summed E-state index contributed by atoms with van der Waals surface area (Å²) in [6.07, 6.45) is 2.56. The summed E-state index contributed by atoms with van der Waals surface area (Å²) in [7, 11) is 0. The molecule has 0 saturated heterocycles. The van der Waals surface area contributed by atoms with Crippen molar-refractivity contribution in [2.24, 2.45) is 0 Å². The Kier molecular flexibility index (Phi) is 4.96. The molecule has 0 unspecified atom stereocenters. The van der Waals surface area contributed by atoms with Crippen LogP contribution in [0.3, 0.4) is 0 Å². The zero-order valence-electron chi connectivity index (χ0n) is 13.7. The van der Waals surface area contributed by atoms with Crippen LogP contribution in [0.25, 0.3) is 0 Å². The van der Waals surface area contributed by atoms with Gasteiger partial charge in [-0.3, -0.25) is 4.79 Å². The maximum atomic E-state index is 12.4. The van der Waals surface area contributed by atoms with Crippen molar-refractivity contribution in [1.29, 1.82) is 0 Å². The van der Waals surface area contributed by atoms with Gasteiger partial charge in [-0.05, 0) is 41.7 Å². The molecule has 1 heterocycles. The minimum absolute atomic E-state index is 0.234. The van der Waals surface area contributed by atoms with Gasteiger partial charge >= 0.3 is 0 Å². The number of nitrogens with one attached hydrogen (secondary N) is 1. The topological polar surface area (TPSA) is 32.3 Å². The lowest BCUT2D eigenvalue weighted by molar-refractivity contribution is -0.131. The second-order valence-corrected chi connectivity index (χ2v) is 6.06. The number of amides is 1. The van der Waals surface area contributed by atoms with E-state index < -0.39 is 0 Å². The van der Waals surface area contributed by atoms with E-state index in [-0.39, 0.29) is 5.91 Å².